The molecular formula is C19H23N3O3. The molecule has 0 saturated heterocycles. The van der Waals surface area contributed by atoms with Gasteiger partial charge >= 0.3 is 0 Å². The van der Waals surface area contributed by atoms with Crippen LogP contribution in [-0.4, -0.2) is 25.0 Å². The van der Waals surface area contributed by atoms with E-state index >= 15 is 0 Å². The molecule has 0 spiro atoms. The van der Waals surface area contributed by atoms with Crippen LogP contribution in [0.4, 0.5) is 17.1 Å². The summed E-state index contributed by atoms with van der Waals surface area (Å²) in [6.45, 7) is 5.21. The van der Waals surface area contributed by atoms with E-state index < -0.39 is 6.04 Å². The molecule has 2 aromatic carbocycles. The topological polar surface area (TPSA) is 79.5 Å². The average molecular weight is 341 g/mol. The molecule has 0 aliphatic heterocycles. The number of nitrogens with one attached hydrogen (secondary N) is 3. The first-order valence-electron chi connectivity index (χ1n) is 7.98. The number of rotatable bonds is 6. The van der Waals surface area contributed by atoms with Gasteiger partial charge in [0.1, 0.15) is 11.8 Å². The maximum Gasteiger partial charge on any atom is 0.246 e. The number of carbonyl (C=O) groups excluding carboxylic acids is 2. The molecule has 2 aromatic rings. The first-order chi connectivity index (χ1) is 11.9. The number of hydrogen-bond acceptors (Lipinski definition) is 4. The zero-order valence-electron chi connectivity index (χ0n) is 14.8. The molecule has 0 aliphatic carbocycles. The minimum Gasteiger partial charge on any atom is -0.495 e. The van der Waals surface area contributed by atoms with Gasteiger partial charge in [-0.05, 0) is 44.2 Å². The van der Waals surface area contributed by atoms with E-state index in [1.807, 2.05) is 31.2 Å². The van der Waals surface area contributed by atoms with Crippen molar-refractivity contribution < 1.29 is 14.3 Å². The zero-order chi connectivity index (χ0) is 18.4. The highest BCUT2D eigenvalue weighted by molar-refractivity contribution is 5.98. The summed E-state index contributed by atoms with van der Waals surface area (Å²) in [4.78, 5) is 23.7. The number of aryl methyl sites for hydroxylation is 1. The fraction of sp³-hybridized carbons (Fsp3) is 0.263. The quantitative estimate of drug-likeness (QED) is 0.752. The van der Waals surface area contributed by atoms with Crippen molar-refractivity contribution in [3.05, 3.63) is 48.0 Å². The van der Waals surface area contributed by atoms with Crippen molar-refractivity contribution in [2.24, 2.45) is 0 Å². The molecule has 0 fully saturated rings. The van der Waals surface area contributed by atoms with Gasteiger partial charge in [-0.25, -0.2) is 0 Å². The van der Waals surface area contributed by atoms with Gasteiger partial charge in [-0.1, -0.05) is 17.7 Å². The number of benzene rings is 2. The van der Waals surface area contributed by atoms with Crippen LogP contribution in [0.3, 0.4) is 0 Å². The highest BCUT2D eigenvalue weighted by atomic mass is 16.5. The number of ether oxygens (including phenoxy) is 1. The van der Waals surface area contributed by atoms with Crippen LogP contribution in [0.15, 0.2) is 42.5 Å². The smallest absolute Gasteiger partial charge is 0.246 e. The third kappa shape index (κ3) is 5.24. The first kappa shape index (κ1) is 18.3. The molecule has 0 radical (unpaired) electrons. The lowest BCUT2D eigenvalue weighted by molar-refractivity contribution is -0.116. The van der Waals surface area contributed by atoms with Crippen LogP contribution in [0.25, 0.3) is 0 Å². The Hall–Kier alpha value is -3.02. The van der Waals surface area contributed by atoms with Crippen LogP contribution in [0.2, 0.25) is 0 Å². The molecule has 6 heteroatoms. The molecule has 6 nitrogen and oxygen atoms in total. The Kier molecular flexibility index (Phi) is 6.00. The van der Waals surface area contributed by atoms with Crippen LogP contribution < -0.4 is 20.7 Å². The van der Waals surface area contributed by atoms with Crippen LogP contribution in [0, 0.1) is 6.92 Å². The van der Waals surface area contributed by atoms with Gasteiger partial charge in [0.15, 0.2) is 0 Å². The van der Waals surface area contributed by atoms with Crippen LogP contribution in [-0.2, 0) is 9.59 Å². The lowest BCUT2D eigenvalue weighted by atomic mass is 10.2. The third-order valence-corrected chi connectivity index (χ3v) is 3.61. The van der Waals surface area contributed by atoms with Crippen molar-refractivity contribution in [2.45, 2.75) is 26.8 Å². The molecule has 3 N–H and O–H groups in total. The Morgan fingerprint density at radius 1 is 1.00 bits per heavy atom. The Morgan fingerprint density at radius 3 is 2.24 bits per heavy atom. The molecule has 0 saturated carbocycles. The van der Waals surface area contributed by atoms with Gasteiger partial charge in [0, 0.05) is 18.3 Å². The fourth-order valence-electron chi connectivity index (χ4n) is 2.29. The van der Waals surface area contributed by atoms with Crippen molar-refractivity contribution in [1.29, 1.82) is 0 Å². The van der Waals surface area contributed by atoms with Crippen molar-refractivity contribution in [1.82, 2.24) is 0 Å². The van der Waals surface area contributed by atoms with E-state index in [1.54, 1.807) is 25.1 Å². The van der Waals surface area contributed by atoms with Crippen LogP contribution in [0.5, 0.6) is 5.75 Å². The van der Waals surface area contributed by atoms with Gasteiger partial charge < -0.3 is 20.7 Å². The van der Waals surface area contributed by atoms with Crippen molar-refractivity contribution in [3.63, 3.8) is 0 Å². The predicted molar refractivity (Wildman–Crippen MR) is 100 cm³/mol. The lowest BCUT2D eigenvalue weighted by Crippen LogP contribution is -2.32. The van der Waals surface area contributed by atoms with Gasteiger partial charge in [-0.15, -0.1) is 0 Å². The SMILES string of the molecule is COc1ccc(NC(C)=O)cc1NC(=O)C(C)Nc1ccc(C)cc1. The van der Waals surface area contributed by atoms with Crippen LogP contribution >= 0.6 is 0 Å². The van der Waals surface area contributed by atoms with Gasteiger partial charge in [0.25, 0.3) is 0 Å². The highest BCUT2D eigenvalue weighted by Gasteiger charge is 2.15. The van der Waals surface area contributed by atoms with Crippen molar-refractivity contribution >= 4 is 28.9 Å². The van der Waals surface area contributed by atoms with Gasteiger partial charge in [0.05, 0.1) is 12.8 Å². The fourth-order valence-corrected chi connectivity index (χ4v) is 2.29. The molecule has 0 bridgehead atoms. The largest absolute Gasteiger partial charge is 0.495 e. The number of carbonyl (C=O) groups is 2. The summed E-state index contributed by atoms with van der Waals surface area (Å²) in [6, 6.07) is 12.4. The molecule has 132 valence electrons. The van der Waals surface area contributed by atoms with E-state index in [9.17, 15) is 9.59 Å². The molecule has 0 heterocycles. The van der Waals surface area contributed by atoms with Crippen molar-refractivity contribution in [2.75, 3.05) is 23.1 Å². The summed E-state index contributed by atoms with van der Waals surface area (Å²) < 4.78 is 5.27. The van der Waals surface area contributed by atoms with E-state index in [0.29, 0.717) is 17.1 Å². The molecule has 1 unspecified atom stereocenters. The monoisotopic (exact) mass is 341 g/mol. The summed E-state index contributed by atoms with van der Waals surface area (Å²) in [5, 5.41) is 8.66. The summed E-state index contributed by atoms with van der Waals surface area (Å²) in [5.74, 6) is 0.126. The maximum atomic E-state index is 12.5. The Morgan fingerprint density at radius 2 is 1.64 bits per heavy atom. The summed E-state index contributed by atoms with van der Waals surface area (Å²) in [5.41, 5.74) is 3.11. The average Bonchev–Trinajstić information content (AvgIpc) is 2.56. The number of hydrogen-bond donors (Lipinski definition) is 3. The second kappa shape index (κ2) is 8.19. The van der Waals surface area contributed by atoms with E-state index in [4.69, 9.17) is 4.74 Å². The Bertz CT molecular complexity index is 757. The molecule has 25 heavy (non-hydrogen) atoms. The first-order valence-corrected chi connectivity index (χ1v) is 7.98. The Balaban J connectivity index is 2.09. The number of anilines is 3. The molecule has 2 amide bonds. The van der Waals surface area contributed by atoms with Crippen LogP contribution in [0.1, 0.15) is 19.4 Å². The standard InChI is InChI=1S/C19H23N3O3/c1-12-5-7-15(8-6-12)20-13(2)19(24)22-17-11-16(21-14(3)23)9-10-18(17)25-4/h5-11,13,20H,1-4H3,(H,21,23)(H,22,24). The summed E-state index contributed by atoms with van der Waals surface area (Å²) >= 11 is 0. The van der Waals surface area contributed by atoms with E-state index in [1.165, 1.54) is 14.0 Å². The highest BCUT2D eigenvalue weighted by Crippen LogP contribution is 2.28. The number of amides is 2. The normalized spacial score (nSPS) is 11.4. The summed E-state index contributed by atoms with van der Waals surface area (Å²) in [7, 11) is 1.52. The van der Waals surface area contributed by atoms with Gasteiger partial charge in [-0.3, -0.25) is 9.59 Å². The zero-order valence-corrected chi connectivity index (χ0v) is 14.8. The molecule has 0 aromatic heterocycles. The minimum absolute atomic E-state index is 0.183. The van der Waals surface area contributed by atoms with Crippen molar-refractivity contribution in [3.8, 4) is 5.75 Å². The minimum atomic E-state index is -0.447. The molecule has 2 rings (SSSR count). The van der Waals surface area contributed by atoms with E-state index in [2.05, 4.69) is 16.0 Å². The van der Waals surface area contributed by atoms with E-state index in [0.717, 1.165) is 11.3 Å². The lowest BCUT2D eigenvalue weighted by Gasteiger charge is -2.17. The maximum absolute atomic E-state index is 12.5. The third-order valence-electron chi connectivity index (χ3n) is 3.61. The molecular weight excluding hydrogens is 318 g/mol. The second-order valence-electron chi connectivity index (χ2n) is 5.82. The molecule has 0 aliphatic rings. The number of methoxy groups -OCH3 is 1. The van der Waals surface area contributed by atoms with E-state index in [-0.39, 0.29) is 11.8 Å². The Labute approximate surface area is 147 Å². The van der Waals surface area contributed by atoms with Gasteiger partial charge in [0.2, 0.25) is 11.8 Å². The molecule has 1 atom stereocenters. The second-order valence-corrected chi connectivity index (χ2v) is 5.82. The van der Waals surface area contributed by atoms with Gasteiger partial charge in [-0.2, -0.15) is 0 Å². The summed E-state index contributed by atoms with van der Waals surface area (Å²) in [6.07, 6.45) is 0. The predicted octanol–water partition coefficient (Wildman–Crippen LogP) is 3.40.